The van der Waals surface area contributed by atoms with Crippen LogP contribution < -0.4 is 10.0 Å². The van der Waals surface area contributed by atoms with Gasteiger partial charge in [0, 0.05) is 38.9 Å². The quantitative estimate of drug-likeness (QED) is 0.705. The Morgan fingerprint density at radius 2 is 2.04 bits per heavy atom. The summed E-state index contributed by atoms with van der Waals surface area (Å²) in [6.07, 6.45) is 3.18. The second-order valence-corrected chi connectivity index (χ2v) is 9.35. The van der Waals surface area contributed by atoms with E-state index in [1.807, 2.05) is 11.8 Å². The lowest BCUT2D eigenvalue weighted by Crippen LogP contribution is -2.44. The zero-order valence-electron chi connectivity index (χ0n) is 16.1. The van der Waals surface area contributed by atoms with Gasteiger partial charge in [-0.25, -0.2) is 13.1 Å². The molecule has 27 heavy (non-hydrogen) atoms. The van der Waals surface area contributed by atoms with E-state index in [1.165, 1.54) is 25.7 Å². The largest absolute Gasteiger partial charge is 0.383 e. The standard InChI is InChI=1S/C19H29N3O4S/c1-15-3-4-16(27(24,25)21-9-12-26-2)13-17(15)18(23)22-10-6-19(7-11-22)5-8-20-14-19/h3-4,13,20-21H,5-12,14H2,1-2H3. The number of sulfonamides is 1. The molecule has 0 saturated carbocycles. The first-order valence-electron chi connectivity index (χ1n) is 9.46. The number of aryl methyl sites for hydroxylation is 1. The van der Waals surface area contributed by atoms with Crippen molar-refractivity contribution in [3.63, 3.8) is 0 Å². The number of ether oxygens (including phenoxy) is 1. The average molecular weight is 396 g/mol. The summed E-state index contributed by atoms with van der Waals surface area (Å²) in [6.45, 7) is 5.87. The lowest BCUT2D eigenvalue weighted by atomic mass is 9.77. The van der Waals surface area contributed by atoms with Crippen molar-refractivity contribution in [2.45, 2.75) is 31.1 Å². The van der Waals surface area contributed by atoms with Crippen LogP contribution in [0.1, 0.15) is 35.2 Å². The molecular weight excluding hydrogens is 366 g/mol. The summed E-state index contributed by atoms with van der Waals surface area (Å²) >= 11 is 0. The summed E-state index contributed by atoms with van der Waals surface area (Å²) in [5, 5.41) is 3.43. The third-order valence-corrected chi connectivity index (χ3v) is 7.25. The van der Waals surface area contributed by atoms with Crippen LogP contribution >= 0.6 is 0 Å². The van der Waals surface area contributed by atoms with Gasteiger partial charge in [-0.3, -0.25) is 4.79 Å². The van der Waals surface area contributed by atoms with Crippen molar-refractivity contribution in [2.75, 3.05) is 46.4 Å². The van der Waals surface area contributed by atoms with Crippen LogP contribution in [0.25, 0.3) is 0 Å². The van der Waals surface area contributed by atoms with Crippen LogP contribution in [0.5, 0.6) is 0 Å². The lowest BCUT2D eigenvalue weighted by Gasteiger charge is -2.39. The maximum Gasteiger partial charge on any atom is 0.254 e. The van der Waals surface area contributed by atoms with Crippen molar-refractivity contribution in [1.82, 2.24) is 14.9 Å². The molecule has 2 aliphatic heterocycles. The third kappa shape index (κ3) is 4.51. The molecule has 3 rings (SSSR count). The van der Waals surface area contributed by atoms with Gasteiger partial charge < -0.3 is 15.0 Å². The first-order valence-corrected chi connectivity index (χ1v) is 10.9. The summed E-state index contributed by atoms with van der Waals surface area (Å²) in [7, 11) is -2.15. The molecule has 0 aromatic heterocycles. The molecule has 1 amide bonds. The number of benzene rings is 1. The maximum atomic E-state index is 13.0. The number of amides is 1. The number of likely N-dealkylation sites (tertiary alicyclic amines) is 1. The van der Waals surface area contributed by atoms with Crippen LogP contribution in [-0.2, 0) is 14.8 Å². The average Bonchev–Trinajstić information content (AvgIpc) is 3.10. The normalized spacial score (nSPS) is 19.6. The highest BCUT2D eigenvalue weighted by atomic mass is 32.2. The number of piperidine rings is 1. The van der Waals surface area contributed by atoms with Gasteiger partial charge in [0.1, 0.15) is 0 Å². The summed E-state index contributed by atoms with van der Waals surface area (Å²) in [4.78, 5) is 15.0. The summed E-state index contributed by atoms with van der Waals surface area (Å²) < 4.78 is 32.3. The van der Waals surface area contributed by atoms with E-state index in [2.05, 4.69) is 10.0 Å². The van der Waals surface area contributed by atoms with Gasteiger partial charge in [0.25, 0.3) is 5.91 Å². The van der Waals surface area contributed by atoms with Crippen LogP contribution in [-0.4, -0.2) is 65.7 Å². The SMILES string of the molecule is COCCNS(=O)(=O)c1ccc(C)c(C(=O)N2CCC3(CCNC3)CC2)c1. The Kier molecular flexibility index (Phi) is 6.20. The van der Waals surface area contributed by atoms with Crippen LogP contribution in [0.2, 0.25) is 0 Å². The summed E-state index contributed by atoms with van der Waals surface area (Å²) in [5.41, 5.74) is 1.59. The van der Waals surface area contributed by atoms with E-state index in [-0.39, 0.29) is 17.3 Å². The van der Waals surface area contributed by atoms with E-state index in [4.69, 9.17) is 4.74 Å². The van der Waals surface area contributed by atoms with Crippen molar-refractivity contribution in [3.8, 4) is 0 Å². The summed E-state index contributed by atoms with van der Waals surface area (Å²) in [6, 6.07) is 4.73. The number of rotatable bonds is 6. The van der Waals surface area contributed by atoms with Gasteiger partial charge in [-0.1, -0.05) is 6.07 Å². The number of nitrogens with zero attached hydrogens (tertiary/aromatic N) is 1. The first kappa shape index (κ1) is 20.3. The minimum atomic E-state index is -3.66. The van der Waals surface area contributed by atoms with Crippen molar-refractivity contribution in [3.05, 3.63) is 29.3 Å². The van der Waals surface area contributed by atoms with Crippen molar-refractivity contribution < 1.29 is 17.9 Å². The fourth-order valence-corrected chi connectivity index (χ4v) is 4.98. The molecule has 2 aliphatic rings. The minimum absolute atomic E-state index is 0.0813. The van der Waals surface area contributed by atoms with Gasteiger partial charge >= 0.3 is 0 Å². The fourth-order valence-electron chi connectivity index (χ4n) is 3.94. The number of nitrogens with one attached hydrogen (secondary N) is 2. The number of carbonyl (C=O) groups is 1. The molecule has 0 atom stereocenters. The van der Waals surface area contributed by atoms with Crippen molar-refractivity contribution >= 4 is 15.9 Å². The Morgan fingerprint density at radius 3 is 2.67 bits per heavy atom. The predicted octanol–water partition coefficient (Wildman–Crippen LogP) is 1.14. The maximum absolute atomic E-state index is 13.0. The molecule has 1 spiro atoms. The Labute approximate surface area is 161 Å². The number of methoxy groups -OCH3 is 1. The Morgan fingerprint density at radius 1 is 1.30 bits per heavy atom. The highest BCUT2D eigenvalue weighted by Crippen LogP contribution is 2.37. The number of hydrogen-bond donors (Lipinski definition) is 2. The van der Waals surface area contributed by atoms with E-state index in [1.54, 1.807) is 6.07 Å². The zero-order chi connectivity index (χ0) is 19.5. The number of carbonyl (C=O) groups excluding carboxylic acids is 1. The van der Waals surface area contributed by atoms with Crippen molar-refractivity contribution in [1.29, 1.82) is 0 Å². The van der Waals surface area contributed by atoms with Crippen molar-refractivity contribution in [2.24, 2.45) is 5.41 Å². The smallest absolute Gasteiger partial charge is 0.254 e. The van der Waals surface area contributed by atoms with Gasteiger partial charge in [-0.05, 0) is 55.8 Å². The second kappa shape index (κ2) is 8.26. The van der Waals surface area contributed by atoms with Crippen LogP contribution in [0.4, 0.5) is 0 Å². The summed E-state index contributed by atoms with van der Waals surface area (Å²) in [5.74, 6) is -0.0813. The molecule has 0 bridgehead atoms. The molecule has 7 nitrogen and oxygen atoms in total. The van der Waals surface area contributed by atoms with Gasteiger partial charge in [0.15, 0.2) is 0 Å². The highest BCUT2D eigenvalue weighted by Gasteiger charge is 2.38. The highest BCUT2D eigenvalue weighted by molar-refractivity contribution is 7.89. The van der Waals surface area contributed by atoms with E-state index in [0.29, 0.717) is 17.6 Å². The lowest BCUT2D eigenvalue weighted by molar-refractivity contribution is 0.0606. The third-order valence-electron chi connectivity index (χ3n) is 5.79. The molecule has 1 aromatic rings. The predicted molar refractivity (Wildman–Crippen MR) is 103 cm³/mol. The monoisotopic (exact) mass is 395 g/mol. The van der Waals surface area contributed by atoms with E-state index in [0.717, 1.165) is 44.6 Å². The Bertz CT molecular complexity index is 778. The van der Waals surface area contributed by atoms with Gasteiger partial charge in [0.05, 0.1) is 11.5 Å². The fraction of sp³-hybridized carbons (Fsp3) is 0.632. The molecule has 2 heterocycles. The molecular formula is C19H29N3O4S. The molecule has 2 N–H and O–H groups in total. The molecule has 0 unspecified atom stereocenters. The van der Waals surface area contributed by atoms with Gasteiger partial charge in [-0.15, -0.1) is 0 Å². The van der Waals surface area contributed by atoms with E-state index in [9.17, 15) is 13.2 Å². The molecule has 8 heteroatoms. The molecule has 150 valence electrons. The molecule has 2 fully saturated rings. The van der Waals surface area contributed by atoms with Gasteiger partial charge in [0.2, 0.25) is 10.0 Å². The Hall–Kier alpha value is -1.48. The van der Waals surface area contributed by atoms with E-state index >= 15 is 0 Å². The van der Waals surface area contributed by atoms with Crippen LogP contribution in [0.15, 0.2) is 23.1 Å². The van der Waals surface area contributed by atoms with Crippen LogP contribution in [0.3, 0.4) is 0 Å². The molecule has 0 radical (unpaired) electrons. The number of hydrogen-bond acceptors (Lipinski definition) is 5. The van der Waals surface area contributed by atoms with Crippen LogP contribution in [0, 0.1) is 12.3 Å². The van der Waals surface area contributed by atoms with E-state index < -0.39 is 10.0 Å². The zero-order valence-corrected chi connectivity index (χ0v) is 16.9. The molecule has 2 saturated heterocycles. The van der Waals surface area contributed by atoms with Gasteiger partial charge in [-0.2, -0.15) is 0 Å². The molecule has 1 aromatic carbocycles. The first-order chi connectivity index (χ1) is 12.9. The molecule has 0 aliphatic carbocycles. The second-order valence-electron chi connectivity index (χ2n) is 7.59. The Balaban J connectivity index is 1.73. The minimum Gasteiger partial charge on any atom is -0.383 e. The topological polar surface area (TPSA) is 87.7 Å².